The molecule has 0 aliphatic carbocycles. The van der Waals surface area contributed by atoms with Gasteiger partial charge in [-0.05, 0) is 20.8 Å². The smallest absolute Gasteiger partial charge is 0.0196 e. The lowest BCUT2D eigenvalue weighted by Gasteiger charge is -2.40. The van der Waals surface area contributed by atoms with E-state index in [4.69, 9.17) is 5.73 Å². The Morgan fingerprint density at radius 3 is 2.23 bits per heavy atom. The molecular formula is C9H22ClN3. The van der Waals surface area contributed by atoms with Crippen LogP contribution < -0.4 is 11.1 Å². The van der Waals surface area contributed by atoms with Crippen LogP contribution in [0.5, 0.6) is 0 Å². The van der Waals surface area contributed by atoms with Crippen LogP contribution in [0.15, 0.2) is 0 Å². The van der Waals surface area contributed by atoms with Crippen LogP contribution in [0.2, 0.25) is 0 Å². The zero-order valence-electron chi connectivity index (χ0n) is 8.79. The van der Waals surface area contributed by atoms with Crippen molar-refractivity contribution in [1.82, 2.24) is 10.2 Å². The summed E-state index contributed by atoms with van der Waals surface area (Å²) in [6.07, 6.45) is 0. The molecule has 0 aromatic rings. The summed E-state index contributed by atoms with van der Waals surface area (Å²) in [5.74, 6) is 0. The quantitative estimate of drug-likeness (QED) is 0.691. The molecule has 13 heavy (non-hydrogen) atoms. The molecule has 0 aromatic carbocycles. The SMILES string of the molecule is CC(N)CN1C(C)CNCC1C.Cl. The van der Waals surface area contributed by atoms with E-state index in [1.807, 2.05) is 0 Å². The molecule has 1 aliphatic heterocycles. The molecule has 3 N–H and O–H groups in total. The summed E-state index contributed by atoms with van der Waals surface area (Å²) in [6.45, 7) is 9.79. The first-order valence-corrected chi connectivity index (χ1v) is 4.83. The molecule has 0 amide bonds. The molecule has 0 saturated carbocycles. The molecule has 1 heterocycles. The Morgan fingerprint density at radius 1 is 1.38 bits per heavy atom. The second kappa shape index (κ2) is 5.81. The second-order valence-corrected chi connectivity index (χ2v) is 4.03. The maximum Gasteiger partial charge on any atom is 0.0196 e. The Kier molecular flexibility index (Phi) is 5.88. The van der Waals surface area contributed by atoms with Gasteiger partial charge < -0.3 is 11.1 Å². The Labute approximate surface area is 87.5 Å². The molecule has 3 atom stereocenters. The maximum atomic E-state index is 5.79. The monoisotopic (exact) mass is 207 g/mol. The van der Waals surface area contributed by atoms with Crippen molar-refractivity contribution in [3.63, 3.8) is 0 Å². The van der Waals surface area contributed by atoms with Crippen molar-refractivity contribution in [1.29, 1.82) is 0 Å². The van der Waals surface area contributed by atoms with Crippen LogP contribution in [-0.4, -0.2) is 42.7 Å². The fraction of sp³-hybridized carbons (Fsp3) is 1.00. The number of nitrogens with one attached hydrogen (secondary N) is 1. The third-order valence-corrected chi connectivity index (χ3v) is 2.51. The van der Waals surface area contributed by atoms with Gasteiger partial charge in [-0.3, -0.25) is 4.90 Å². The van der Waals surface area contributed by atoms with Gasteiger partial charge in [0.05, 0.1) is 0 Å². The van der Waals surface area contributed by atoms with Crippen molar-refractivity contribution in [3.05, 3.63) is 0 Å². The van der Waals surface area contributed by atoms with Gasteiger partial charge in [0.15, 0.2) is 0 Å². The van der Waals surface area contributed by atoms with Crippen molar-refractivity contribution >= 4 is 12.4 Å². The lowest BCUT2D eigenvalue weighted by molar-refractivity contribution is 0.111. The van der Waals surface area contributed by atoms with Gasteiger partial charge in [0.1, 0.15) is 0 Å². The van der Waals surface area contributed by atoms with E-state index in [0.29, 0.717) is 12.1 Å². The fourth-order valence-electron chi connectivity index (χ4n) is 1.86. The number of piperazine rings is 1. The minimum atomic E-state index is 0. The highest BCUT2D eigenvalue weighted by molar-refractivity contribution is 5.85. The summed E-state index contributed by atoms with van der Waals surface area (Å²) in [4.78, 5) is 2.49. The predicted octanol–water partition coefficient (Wildman–Crippen LogP) is 0.438. The van der Waals surface area contributed by atoms with E-state index in [1.165, 1.54) is 0 Å². The van der Waals surface area contributed by atoms with E-state index in [-0.39, 0.29) is 18.4 Å². The van der Waals surface area contributed by atoms with Crippen LogP contribution in [0.25, 0.3) is 0 Å². The Balaban J connectivity index is 0.00000144. The molecule has 3 unspecified atom stereocenters. The maximum absolute atomic E-state index is 5.79. The standard InChI is InChI=1S/C9H21N3.ClH/c1-7(10)6-12-8(2)4-11-5-9(12)3;/h7-9,11H,4-6,10H2,1-3H3;1H. The first-order chi connectivity index (χ1) is 5.61. The van der Waals surface area contributed by atoms with Crippen LogP contribution in [-0.2, 0) is 0 Å². The number of nitrogens with two attached hydrogens (primary N) is 1. The number of hydrogen-bond acceptors (Lipinski definition) is 3. The van der Waals surface area contributed by atoms with Crippen molar-refractivity contribution in [2.75, 3.05) is 19.6 Å². The normalized spacial score (nSPS) is 32.3. The van der Waals surface area contributed by atoms with Gasteiger partial charge in [0.2, 0.25) is 0 Å². The summed E-state index contributed by atoms with van der Waals surface area (Å²) < 4.78 is 0. The Hall–Kier alpha value is 0.170. The molecule has 1 saturated heterocycles. The minimum Gasteiger partial charge on any atom is -0.327 e. The third-order valence-electron chi connectivity index (χ3n) is 2.51. The molecule has 0 spiro atoms. The highest BCUT2D eigenvalue weighted by Crippen LogP contribution is 2.09. The summed E-state index contributed by atoms with van der Waals surface area (Å²) in [6, 6.07) is 1.53. The molecule has 0 bridgehead atoms. The van der Waals surface area contributed by atoms with Gasteiger partial charge in [-0.15, -0.1) is 12.4 Å². The van der Waals surface area contributed by atoms with Crippen LogP contribution in [0, 0.1) is 0 Å². The van der Waals surface area contributed by atoms with E-state index in [9.17, 15) is 0 Å². The second-order valence-electron chi connectivity index (χ2n) is 4.03. The van der Waals surface area contributed by atoms with E-state index in [2.05, 4.69) is 31.0 Å². The average molecular weight is 208 g/mol. The van der Waals surface area contributed by atoms with Crippen LogP contribution >= 0.6 is 12.4 Å². The first kappa shape index (κ1) is 13.2. The molecule has 1 rings (SSSR count). The lowest BCUT2D eigenvalue weighted by Crippen LogP contribution is -2.57. The zero-order valence-corrected chi connectivity index (χ0v) is 9.60. The molecule has 3 nitrogen and oxygen atoms in total. The molecular weight excluding hydrogens is 186 g/mol. The molecule has 80 valence electrons. The van der Waals surface area contributed by atoms with E-state index < -0.39 is 0 Å². The molecule has 1 aliphatic rings. The number of rotatable bonds is 2. The van der Waals surface area contributed by atoms with Gasteiger partial charge >= 0.3 is 0 Å². The Bertz CT molecular complexity index is 131. The summed E-state index contributed by atoms with van der Waals surface area (Å²) in [5.41, 5.74) is 5.79. The number of nitrogens with zero attached hydrogens (tertiary/aromatic N) is 1. The van der Waals surface area contributed by atoms with Gasteiger partial charge in [-0.1, -0.05) is 0 Å². The van der Waals surface area contributed by atoms with Crippen molar-refractivity contribution < 1.29 is 0 Å². The molecule has 1 fully saturated rings. The van der Waals surface area contributed by atoms with E-state index >= 15 is 0 Å². The minimum absolute atomic E-state index is 0. The average Bonchev–Trinajstić information content (AvgIpc) is 1.97. The largest absolute Gasteiger partial charge is 0.327 e. The summed E-state index contributed by atoms with van der Waals surface area (Å²) >= 11 is 0. The fourth-order valence-corrected chi connectivity index (χ4v) is 1.86. The lowest BCUT2D eigenvalue weighted by atomic mass is 10.1. The number of halogens is 1. The summed E-state index contributed by atoms with van der Waals surface area (Å²) in [7, 11) is 0. The topological polar surface area (TPSA) is 41.3 Å². The number of hydrogen-bond donors (Lipinski definition) is 2. The zero-order chi connectivity index (χ0) is 9.14. The van der Waals surface area contributed by atoms with E-state index in [0.717, 1.165) is 19.6 Å². The van der Waals surface area contributed by atoms with Crippen molar-refractivity contribution in [3.8, 4) is 0 Å². The Morgan fingerprint density at radius 2 is 1.85 bits per heavy atom. The first-order valence-electron chi connectivity index (χ1n) is 4.83. The highest BCUT2D eigenvalue weighted by Gasteiger charge is 2.24. The van der Waals surface area contributed by atoms with Crippen LogP contribution in [0.4, 0.5) is 0 Å². The van der Waals surface area contributed by atoms with E-state index in [1.54, 1.807) is 0 Å². The van der Waals surface area contributed by atoms with Crippen LogP contribution in [0.1, 0.15) is 20.8 Å². The van der Waals surface area contributed by atoms with Gasteiger partial charge in [-0.25, -0.2) is 0 Å². The van der Waals surface area contributed by atoms with Crippen molar-refractivity contribution in [2.45, 2.75) is 38.9 Å². The van der Waals surface area contributed by atoms with Gasteiger partial charge in [0.25, 0.3) is 0 Å². The van der Waals surface area contributed by atoms with Crippen molar-refractivity contribution in [2.24, 2.45) is 5.73 Å². The van der Waals surface area contributed by atoms with Crippen LogP contribution in [0.3, 0.4) is 0 Å². The molecule has 4 heteroatoms. The summed E-state index contributed by atoms with van der Waals surface area (Å²) in [5, 5.41) is 3.41. The molecule has 0 radical (unpaired) electrons. The van der Waals surface area contributed by atoms with Gasteiger partial charge in [-0.2, -0.15) is 0 Å². The molecule has 0 aromatic heterocycles. The highest BCUT2D eigenvalue weighted by atomic mass is 35.5. The predicted molar refractivity (Wildman–Crippen MR) is 59.4 cm³/mol. The third kappa shape index (κ3) is 3.81. The van der Waals surface area contributed by atoms with Gasteiger partial charge in [0, 0.05) is 37.8 Å².